The average molecular weight is 463 g/mol. The Hall–Kier alpha value is -2.46. The summed E-state index contributed by atoms with van der Waals surface area (Å²) in [6.45, 7) is 6.26. The zero-order valence-electron chi connectivity index (χ0n) is 19.1. The largest absolute Gasteiger partial charge is 0.383 e. The topological polar surface area (TPSA) is 157 Å². The molecule has 9 nitrogen and oxygen atoms in total. The van der Waals surface area contributed by atoms with Gasteiger partial charge in [0.25, 0.3) is 0 Å². The molecule has 6 N–H and O–H groups in total. The number of Topliss-reactive ketones (excluding diaryl/α,β-unsaturated/α-hetero) is 1. The molecule has 3 rings (SSSR count). The van der Waals surface area contributed by atoms with Crippen molar-refractivity contribution in [1.29, 1.82) is 5.41 Å². The fourth-order valence-electron chi connectivity index (χ4n) is 4.55. The number of amidine groups is 1. The van der Waals surface area contributed by atoms with Gasteiger partial charge in [-0.1, -0.05) is 38.0 Å². The Kier molecular flexibility index (Phi) is 7.24. The van der Waals surface area contributed by atoms with Gasteiger partial charge in [0, 0.05) is 31.5 Å². The number of imidazole rings is 1. The van der Waals surface area contributed by atoms with Crippen LogP contribution in [0.1, 0.15) is 58.0 Å². The molecule has 1 aromatic heterocycles. The molecule has 0 fully saturated rings. The molecule has 0 aliphatic heterocycles. The highest BCUT2D eigenvalue weighted by Gasteiger charge is 2.30. The van der Waals surface area contributed by atoms with Crippen LogP contribution in [0.3, 0.4) is 0 Å². The van der Waals surface area contributed by atoms with Gasteiger partial charge in [0.15, 0.2) is 5.78 Å². The number of anilines is 1. The lowest BCUT2D eigenvalue weighted by Gasteiger charge is -2.24. The van der Waals surface area contributed by atoms with Crippen LogP contribution < -0.4 is 16.2 Å². The van der Waals surface area contributed by atoms with Crippen molar-refractivity contribution in [2.45, 2.75) is 59.4 Å². The summed E-state index contributed by atoms with van der Waals surface area (Å²) < 4.78 is 28.7. The van der Waals surface area contributed by atoms with Gasteiger partial charge < -0.3 is 16.0 Å². The standard InChI is InChI=1S/C22H34N6O3S/c1-4-14-9-15-5-6-18(29)17(15)10-16(14)11-19-27-20(21(23)24)22(25)28(19)8-7-26-32(30,31)12-13(2)3/h10,13-14,26H,4-9,11-12,25H2,1-3H3,(H3,23,24). The minimum Gasteiger partial charge on any atom is -0.383 e. The van der Waals surface area contributed by atoms with E-state index in [0.29, 0.717) is 24.6 Å². The molecule has 1 atom stereocenters. The molecule has 2 aliphatic rings. The van der Waals surface area contributed by atoms with Gasteiger partial charge in [0.2, 0.25) is 10.0 Å². The van der Waals surface area contributed by atoms with Gasteiger partial charge in [-0.3, -0.25) is 10.2 Å². The van der Waals surface area contributed by atoms with Crippen molar-refractivity contribution in [3.63, 3.8) is 0 Å². The van der Waals surface area contributed by atoms with E-state index in [2.05, 4.69) is 16.6 Å². The molecule has 0 spiro atoms. The van der Waals surface area contributed by atoms with Crippen LogP contribution in [0.5, 0.6) is 0 Å². The van der Waals surface area contributed by atoms with Crippen molar-refractivity contribution in [2.24, 2.45) is 17.6 Å². The first-order chi connectivity index (χ1) is 15.0. The number of carbonyl (C=O) groups excluding carboxylic acids is 1. The Labute approximate surface area is 189 Å². The van der Waals surface area contributed by atoms with Crippen LogP contribution in [0.15, 0.2) is 22.8 Å². The summed E-state index contributed by atoms with van der Waals surface area (Å²) in [7, 11) is -3.39. The molecule has 176 valence electrons. The summed E-state index contributed by atoms with van der Waals surface area (Å²) in [4.78, 5) is 16.8. The minimum atomic E-state index is -3.39. The number of hydrogen-bond donors (Lipinski definition) is 4. The highest BCUT2D eigenvalue weighted by Crippen LogP contribution is 2.39. The van der Waals surface area contributed by atoms with Gasteiger partial charge in [0.1, 0.15) is 23.2 Å². The van der Waals surface area contributed by atoms with Crippen LogP contribution in [0.25, 0.3) is 0 Å². The summed E-state index contributed by atoms with van der Waals surface area (Å²) in [5.74, 6) is 1.21. The van der Waals surface area contributed by atoms with Crippen LogP contribution in [-0.2, 0) is 27.8 Å². The fourth-order valence-corrected chi connectivity index (χ4v) is 5.95. The van der Waals surface area contributed by atoms with E-state index in [-0.39, 0.29) is 47.9 Å². The van der Waals surface area contributed by atoms with Crippen LogP contribution in [0.2, 0.25) is 0 Å². The number of aromatic nitrogens is 2. The van der Waals surface area contributed by atoms with E-state index in [0.717, 1.165) is 30.4 Å². The Morgan fingerprint density at radius 1 is 1.38 bits per heavy atom. The molecule has 0 bridgehead atoms. The second-order valence-electron chi connectivity index (χ2n) is 9.04. The molecule has 0 aromatic carbocycles. The molecule has 1 unspecified atom stereocenters. The first-order valence-electron chi connectivity index (χ1n) is 11.1. The summed E-state index contributed by atoms with van der Waals surface area (Å²) in [6.07, 6.45) is 5.74. The number of nitrogens with zero attached hydrogens (tertiary/aromatic N) is 2. The number of allylic oxidation sites excluding steroid dienone is 4. The maximum Gasteiger partial charge on any atom is 0.211 e. The first kappa shape index (κ1) is 24.2. The third-order valence-electron chi connectivity index (χ3n) is 6.09. The molecular formula is C22H34N6O3S. The van der Waals surface area contributed by atoms with Crippen LogP contribution in [0.4, 0.5) is 5.82 Å². The van der Waals surface area contributed by atoms with Gasteiger partial charge >= 0.3 is 0 Å². The van der Waals surface area contributed by atoms with Crippen molar-refractivity contribution >= 4 is 27.5 Å². The van der Waals surface area contributed by atoms with Crippen molar-refractivity contribution in [3.8, 4) is 0 Å². The normalized spacial score (nSPS) is 18.9. The molecule has 1 aromatic rings. The highest BCUT2D eigenvalue weighted by atomic mass is 32.2. The van der Waals surface area contributed by atoms with Crippen molar-refractivity contribution in [2.75, 3.05) is 18.0 Å². The van der Waals surface area contributed by atoms with Crippen LogP contribution in [0, 0.1) is 17.2 Å². The molecule has 32 heavy (non-hydrogen) atoms. The predicted molar refractivity (Wildman–Crippen MR) is 126 cm³/mol. The van der Waals surface area contributed by atoms with E-state index in [1.807, 2.05) is 19.9 Å². The zero-order valence-corrected chi connectivity index (χ0v) is 19.9. The number of nitrogens with one attached hydrogen (secondary N) is 2. The third kappa shape index (κ3) is 5.29. The van der Waals surface area contributed by atoms with E-state index >= 15 is 0 Å². The van der Waals surface area contributed by atoms with Gasteiger partial charge in [-0.25, -0.2) is 18.1 Å². The van der Waals surface area contributed by atoms with Crippen molar-refractivity contribution in [3.05, 3.63) is 34.3 Å². The molecular weight excluding hydrogens is 428 g/mol. The molecule has 0 amide bonds. The lowest BCUT2D eigenvalue weighted by atomic mass is 9.81. The van der Waals surface area contributed by atoms with Crippen molar-refractivity contribution in [1.82, 2.24) is 14.3 Å². The number of carbonyl (C=O) groups is 1. The van der Waals surface area contributed by atoms with E-state index in [9.17, 15) is 13.2 Å². The van der Waals surface area contributed by atoms with Gasteiger partial charge in [-0.05, 0) is 31.1 Å². The zero-order chi connectivity index (χ0) is 23.6. The lowest BCUT2D eigenvalue weighted by molar-refractivity contribution is -0.114. The first-order valence-corrected chi connectivity index (χ1v) is 12.8. The van der Waals surface area contributed by atoms with E-state index in [1.54, 1.807) is 4.57 Å². The smallest absolute Gasteiger partial charge is 0.211 e. The fraction of sp³-hybridized carbons (Fsp3) is 0.591. The summed E-state index contributed by atoms with van der Waals surface area (Å²) >= 11 is 0. The monoisotopic (exact) mass is 462 g/mol. The SMILES string of the molecule is CCC1CC2=C(C=C1Cc1nc(C(=N)N)c(N)n1CCNS(=O)(=O)CC(C)C)C(=O)CC2. The number of rotatable bonds is 10. The van der Waals surface area contributed by atoms with Crippen LogP contribution in [-0.4, -0.2) is 41.9 Å². The maximum atomic E-state index is 12.3. The van der Waals surface area contributed by atoms with Gasteiger partial charge in [-0.2, -0.15) is 0 Å². The summed E-state index contributed by atoms with van der Waals surface area (Å²) in [5, 5.41) is 7.80. The number of hydrogen-bond acceptors (Lipinski definition) is 6. The Morgan fingerprint density at radius 2 is 2.09 bits per heavy atom. The van der Waals surface area contributed by atoms with Crippen molar-refractivity contribution < 1.29 is 13.2 Å². The average Bonchev–Trinajstić information content (AvgIpc) is 3.20. The van der Waals surface area contributed by atoms with Gasteiger partial charge in [0.05, 0.1) is 5.75 Å². The van der Waals surface area contributed by atoms with E-state index < -0.39 is 10.0 Å². The second kappa shape index (κ2) is 9.58. The quantitative estimate of drug-likeness (QED) is 0.307. The number of nitrogen functional groups attached to an aromatic ring is 2. The van der Waals surface area contributed by atoms with Gasteiger partial charge in [-0.15, -0.1) is 0 Å². The Balaban J connectivity index is 1.86. The lowest BCUT2D eigenvalue weighted by Crippen LogP contribution is -2.31. The molecule has 1 heterocycles. The van der Waals surface area contributed by atoms with E-state index in [1.165, 1.54) is 5.57 Å². The summed E-state index contributed by atoms with van der Waals surface area (Å²) in [6, 6.07) is 0. The highest BCUT2D eigenvalue weighted by molar-refractivity contribution is 7.89. The summed E-state index contributed by atoms with van der Waals surface area (Å²) in [5.41, 5.74) is 15.3. The molecule has 10 heteroatoms. The Morgan fingerprint density at radius 3 is 2.72 bits per heavy atom. The molecule has 0 saturated heterocycles. The maximum absolute atomic E-state index is 12.3. The molecule has 2 aliphatic carbocycles. The molecule has 0 radical (unpaired) electrons. The predicted octanol–water partition coefficient (Wildman–Crippen LogP) is 1.88. The number of nitrogens with two attached hydrogens (primary N) is 2. The Bertz CT molecular complexity index is 1080. The minimum absolute atomic E-state index is 0.0207. The third-order valence-corrected chi connectivity index (χ3v) is 7.84. The van der Waals surface area contributed by atoms with E-state index in [4.69, 9.17) is 16.9 Å². The number of sulfonamides is 1. The van der Waals surface area contributed by atoms with Crippen LogP contribution >= 0.6 is 0 Å². The number of ketones is 1. The second-order valence-corrected chi connectivity index (χ2v) is 10.9. The molecule has 0 saturated carbocycles.